The maximum absolute atomic E-state index is 12.6. The number of carbonyl (C=O) groups is 2. The van der Waals surface area contributed by atoms with E-state index >= 15 is 0 Å². The van der Waals surface area contributed by atoms with E-state index in [1.165, 1.54) is 14.2 Å². The van der Waals surface area contributed by atoms with Gasteiger partial charge in [-0.15, -0.1) is 0 Å². The minimum Gasteiger partial charge on any atom is -0.493 e. The van der Waals surface area contributed by atoms with E-state index in [0.717, 1.165) is 11.1 Å². The highest BCUT2D eigenvalue weighted by atomic mass is 16.5. The molecule has 1 aromatic heterocycles. The number of hydrogen-bond donors (Lipinski definition) is 2. The summed E-state index contributed by atoms with van der Waals surface area (Å²) in [5.41, 5.74) is 2.31. The summed E-state index contributed by atoms with van der Waals surface area (Å²) in [5.74, 6) is 0.687. The van der Waals surface area contributed by atoms with Gasteiger partial charge < -0.3 is 24.8 Å². The van der Waals surface area contributed by atoms with E-state index in [-0.39, 0.29) is 18.4 Å². The molecular weight excluding hydrogens is 410 g/mol. The number of benzene rings is 2. The summed E-state index contributed by atoms with van der Waals surface area (Å²) in [6.07, 6.45) is 1.64. The minimum atomic E-state index is -0.273. The van der Waals surface area contributed by atoms with Crippen molar-refractivity contribution in [2.24, 2.45) is 0 Å². The summed E-state index contributed by atoms with van der Waals surface area (Å²) in [6.45, 7) is 0.577. The number of nitrogens with one attached hydrogen (secondary N) is 2. The molecule has 0 saturated carbocycles. The largest absolute Gasteiger partial charge is 0.493 e. The Kier molecular flexibility index (Phi) is 8.02. The number of nitrogens with zero attached hydrogens (tertiary/aromatic N) is 1. The van der Waals surface area contributed by atoms with Crippen molar-refractivity contribution < 1.29 is 23.8 Å². The molecule has 0 spiro atoms. The molecule has 3 rings (SSSR count). The Labute approximate surface area is 186 Å². The first-order valence-electron chi connectivity index (χ1n) is 10.0. The zero-order valence-corrected chi connectivity index (χ0v) is 18.0. The number of aromatic nitrogens is 1. The minimum absolute atomic E-state index is 0.144. The maximum Gasteiger partial charge on any atom is 0.257 e. The van der Waals surface area contributed by atoms with Gasteiger partial charge in [0.25, 0.3) is 11.8 Å². The lowest BCUT2D eigenvalue weighted by molar-refractivity contribution is -0.122. The van der Waals surface area contributed by atoms with Gasteiger partial charge in [-0.1, -0.05) is 30.3 Å². The first-order chi connectivity index (χ1) is 15.6. The molecule has 0 aliphatic heterocycles. The van der Waals surface area contributed by atoms with E-state index in [0.29, 0.717) is 36.1 Å². The van der Waals surface area contributed by atoms with Gasteiger partial charge in [-0.3, -0.25) is 9.59 Å². The van der Waals surface area contributed by atoms with E-state index in [9.17, 15) is 9.59 Å². The molecule has 0 bridgehead atoms. The molecule has 32 heavy (non-hydrogen) atoms. The molecule has 166 valence electrons. The summed E-state index contributed by atoms with van der Waals surface area (Å²) in [5, 5.41) is 5.34. The molecule has 3 aromatic rings. The molecule has 2 N–H and O–H groups in total. The molecule has 1 heterocycles. The second kappa shape index (κ2) is 11.4. The van der Waals surface area contributed by atoms with Crippen LogP contribution in [0.4, 0.5) is 0 Å². The Morgan fingerprint density at radius 2 is 1.75 bits per heavy atom. The lowest BCUT2D eigenvalue weighted by atomic mass is 10.1. The zero-order valence-electron chi connectivity index (χ0n) is 18.0. The van der Waals surface area contributed by atoms with E-state index in [4.69, 9.17) is 14.2 Å². The summed E-state index contributed by atoms with van der Waals surface area (Å²) >= 11 is 0. The van der Waals surface area contributed by atoms with Crippen molar-refractivity contribution in [3.63, 3.8) is 0 Å². The third-order valence-electron chi connectivity index (χ3n) is 4.55. The first kappa shape index (κ1) is 22.6. The molecule has 8 heteroatoms. The van der Waals surface area contributed by atoms with Gasteiger partial charge in [0, 0.05) is 31.4 Å². The average molecular weight is 435 g/mol. The smallest absolute Gasteiger partial charge is 0.257 e. The average Bonchev–Trinajstić information content (AvgIpc) is 2.85. The van der Waals surface area contributed by atoms with Gasteiger partial charge in [0.05, 0.1) is 7.11 Å². The van der Waals surface area contributed by atoms with Gasteiger partial charge in [0.1, 0.15) is 6.61 Å². The summed E-state index contributed by atoms with van der Waals surface area (Å²) in [4.78, 5) is 28.2. The fraction of sp³-hybridized carbons (Fsp3) is 0.208. The number of methoxy groups -OCH3 is 1. The van der Waals surface area contributed by atoms with Crippen molar-refractivity contribution in [2.75, 3.05) is 20.8 Å². The second-order valence-corrected chi connectivity index (χ2v) is 6.79. The Bertz CT molecular complexity index is 1060. The highest BCUT2D eigenvalue weighted by Gasteiger charge is 2.12. The predicted molar refractivity (Wildman–Crippen MR) is 119 cm³/mol. The van der Waals surface area contributed by atoms with Gasteiger partial charge in [0.15, 0.2) is 18.1 Å². The fourth-order valence-electron chi connectivity index (χ4n) is 2.80. The maximum atomic E-state index is 12.6. The third kappa shape index (κ3) is 6.46. The van der Waals surface area contributed by atoms with Crippen LogP contribution in [-0.2, 0) is 17.9 Å². The Balaban J connectivity index is 1.57. The van der Waals surface area contributed by atoms with Crippen molar-refractivity contribution in [1.29, 1.82) is 0 Å². The van der Waals surface area contributed by atoms with Crippen LogP contribution in [0, 0.1) is 0 Å². The third-order valence-corrected chi connectivity index (χ3v) is 4.55. The van der Waals surface area contributed by atoms with E-state index in [2.05, 4.69) is 15.6 Å². The highest BCUT2D eigenvalue weighted by Crippen LogP contribution is 2.28. The van der Waals surface area contributed by atoms with Crippen molar-refractivity contribution in [1.82, 2.24) is 15.6 Å². The van der Waals surface area contributed by atoms with Crippen LogP contribution in [0.2, 0.25) is 0 Å². The molecule has 0 fully saturated rings. The highest BCUT2D eigenvalue weighted by molar-refractivity contribution is 5.94. The van der Waals surface area contributed by atoms with Gasteiger partial charge in [-0.2, -0.15) is 0 Å². The summed E-state index contributed by atoms with van der Waals surface area (Å²) < 4.78 is 16.4. The quantitative estimate of drug-likeness (QED) is 0.508. The van der Waals surface area contributed by atoms with Crippen molar-refractivity contribution in [3.05, 3.63) is 83.6 Å². The van der Waals surface area contributed by atoms with Crippen LogP contribution in [0.1, 0.15) is 21.5 Å². The standard InChI is InChI=1S/C24H25N3O5/c1-25-22(28)16-31-20-9-8-19(13-21(20)30-2)24(29)27-14-18-10-11-26-23(12-18)32-15-17-6-4-3-5-7-17/h3-13H,14-16H2,1-2H3,(H,25,28)(H,27,29). The summed E-state index contributed by atoms with van der Waals surface area (Å²) in [7, 11) is 3.00. The van der Waals surface area contributed by atoms with Gasteiger partial charge >= 0.3 is 0 Å². The number of pyridine rings is 1. The molecule has 0 aliphatic carbocycles. The van der Waals surface area contributed by atoms with Gasteiger partial charge in [-0.05, 0) is 35.4 Å². The lowest BCUT2D eigenvalue weighted by Gasteiger charge is -2.12. The van der Waals surface area contributed by atoms with Crippen molar-refractivity contribution >= 4 is 11.8 Å². The number of ether oxygens (including phenoxy) is 3. The van der Waals surface area contributed by atoms with Crippen LogP contribution in [-0.4, -0.2) is 37.6 Å². The van der Waals surface area contributed by atoms with Crippen LogP contribution in [0.3, 0.4) is 0 Å². The fourth-order valence-corrected chi connectivity index (χ4v) is 2.80. The Morgan fingerprint density at radius 1 is 0.938 bits per heavy atom. The second-order valence-electron chi connectivity index (χ2n) is 6.79. The summed E-state index contributed by atoms with van der Waals surface area (Å²) in [6, 6.07) is 18.2. The van der Waals surface area contributed by atoms with Crippen LogP contribution in [0.25, 0.3) is 0 Å². The normalized spacial score (nSPS) is 10.2. The molecule has 2 aromatic carbocycles. The van der Waals surface area contributed by atoms with Gasteiger partial charge in [0.2, 0.25) is 5.88 Å². The molecule has 8 nitrogen and oxygen atoms in total. The Hall–Kier alpha value is -4.07. The molecule has 0 aliphatic rings. The zero-order chi connectivity index (χ0) is 22.8. The van der Waals surface area contributed by atoms with Crippen LogP contribution < -0.4 is 24.8 Å². The van der Waals surface area contributed by atoms with E-state index in [1.807, 2.05) is 36.4 Å². The molecular formula is C24H25N3O5. The van der Waals surface area contributed by atoms with E-state index < -0.39 is 0 Å². The van der Waals surface area contributed by atoms with Crippen molar-refractivity contribution in [3.8, 4) is 17.4 Å². The van der Waals surface area contributed by atoms with Crippen LogP contribution in [0.5, 0.6) is 17.4 Å². The van der Waals surface area contributed by atoms with E-state index in [1.54, 1.807) is 30.5 Å². The molecule has 0 saturated heterocycles. The predicted octanol–water partition coefficient (Wildman–Crippen LogP) is 2.72. The van der Waals surface area contributed by atoms with Crippen LogP contribution >= 0.6 is 0 Å². The number of hydrogen-bond acceptors (Lipinski definition) is 6. The van der Waals surface area contributed by atoms with Crippen LogP contribution in [0.15, 0.2) is 66.9 Å². The lowest BCUT2D eigenvalue weighted by Crippen LogP contribution is -2.25. The number of carbonyl (C=O) groups excluding carboxylic acids is 2. The monoisotopic (exact) mass is 435 g/mol. The van der Waals surface area contributed by atoms with Crippen molar-refractivity contribution in [2.45, 2.75) is 13.2 Å². The SMILES string of the molecule is CNC(=O)COc1ccc(C(=O)NCc2ccnc(OCc3ccccc3)c2)cc1OC. The Morgan fingerprint density at radius 3 is 2.50 bits per heavy atom. The topological polar surface area (TPSA) is 98.8 Å². The molecule has 0 atom stereocenters. The molecule has 0 unspecified atom stereocenters. The first-order valence-corrected chi connectivity index (χ1v) is 10.0. The molecule has 2 amide bonds. The number of rotatable bonds is 10. The molecule has 0 radical (unpaired) electrons. The number of likely N-dealkylation sites (N-methyl/N-ethyl adjacent to an activating group) is 1. The number of amides is 2. The van der Waals surface area contributed by atoms with Gasteiger partial charge in [-0.25, -0.2) is 4.98 Å².